The molecule has 0 saturated heterocycles. The molecule has 3 aromatic carbocycles. The second-order valence-electron chi connectivity index (χ2n) is 8.01. The van der Waals surface area contributed by atoms with Crippen molar-refractivity contribution in [2.45, 2.75) is 40.5 Å². The van der Waals surface area contributed by atoms with Gasteiger partial charge in [0.05, 0.1) is 0 Å². The Bertz CT molecular complexity index is 1090. The third kappa shape index (κ3) is 3.47. The molecule has 28 heavy (non-hydrogen) atoms. The van der Waals surface area contributed by atoms with E-state index in [2.05, 4.69) is 101 Å². The van der Waals surface area contributed by atoms with Crippen LogP contribution < -0.4 is 0 Å². The van der Waals surface area contributed by atoms with Gasteiger partial charge in [-0.05, 0) is 96.7 Å². The van der Waals surface area contributed by atoms with E-state index in [1.807, 2.05) is 0 Å². The van der Waals surface area contributed by atoms with Crippen LogP contribution in [0, 0.1) is 20.8 Å². The van der Waals surface area contributed by atoms with Crippen molar-refractivity contribution < 1.29 is 0 Å². The van der Waals surface area contributed by atoms with E-state index in [4.69, 9.17) is 0 Å². The monoisotopic (exact) mass is 364 g/mol. The largest absolute Gasteiger partial charge is 0.0836 e. The minimum atomic E-state index is 1.16. The maximum Gasteiger partial charge on any atom is -0.0149 e. The first-order valence-corrected chi connectivity index (χ1v) is 10.2. The summed E-state index contributed by atoms with van der Waals surface area (Å²) in [5.41, 5.74) is 13.5. The van der Waals surface area contributed by atoms with Gasteiger partial charge in [0.1, 0.15) is 0 Å². The summed E-state index contributed by atoms with van der Waals surface area (Å²) in [6.07, 6.45) is 6.93. The van der Waals surface area contributed by atoms with Crippen molar-refractivity contribution in [3.63, 3.8) is 0 Å². The maximum atomic E-state index is 2.37. The number of hydrogen-bond acceptors (Lipinski definition) is 0. The molecule has 0 saturated carbocycles. The topological polar surface area (TPSA) is 0 Å². The zero-order chi connectivity index (χ0) is 19.7. The van der Waals surface area contributed by atoms with Gasteiger partial charge in [0.25, 0.3) is 0 Å². The fourth-order valence-corrected chi connectivity index (χ4v) is 4.21. The van der Waals surface area contributed by atoms with Gasteiger partial charge in [0, 0.05) is 0 Å². The molecule has 0 atom stereocenters. The molecule has 4 rings (SSSR count). The van der Waals surface area contributed by atoms with E-state index in [1.54, 1.807) is 0 Å². The first-order chi connectivity index (χ1) is 13.5. The smallest absolute Gasteiger partial charge is 0.0149 e. The predicted molar refractivity (Wildman–Crippen MR) is 122 cm³/mol. The summed E-state index contributed by atoms with van der Waals surface area (Å²) in [6, 6.07) is 22.4. The van der Waals surface area contributed by atoms with Crippen molar-refractivity contribution >= 4 is 5.57 Å². The summed E-state index contributed by atoms with van der Waals surface area (Å²) >= 11 is 0. The fourth-order valence-electron chi connectivity index (χ4n) is 4.21. The molecule has 0 unspecified atom stereocenters. The van der Waals surface area contributed by atoms with Gasteiger partial charge in [-0.15, -0.1) is 0 Å². The van der Waals surface area contributed by atoms with Gasteiger partial charge in [-0.2, -0.15) is 0 Å². The Morgan fingerprint density at radius 1 is 0.607 bits per heavy atom. The average Bonchev–Trinajstić information content (AvgIpc) is 2.70. The van der Waals surface area contributed by atoms with E-state index in [-0.39, 0.29) is 0 Å². The average molecular weight is 365 g/mol. The molecule has 0 bridgehead atoms. The first-order valence-electron chi connectivity index (χ1n) is 10.2. The van der Waals surface area contributed by atoms with Gasteiger partial charge in [-0.3, -0.25) is 0 Å². The quantitative estimate of drug-likeness (QED) is 0.441. The van der Waals surface area contributed by atoms with Crippen LogP contribution in [0.5, 0.6) is 0 Å². The summed E-state index contributed by atoms with van der Waals surface area (Å²) in [7, 11) is 0. The van der Waals surface area contributed by atoms with Crippen molar-refractivity contribution in [3.05, 3.63) is 101 Å². The molecule has 0 radical (unpaired) electrons. The highest BCUT2D eigenvalue weighted by molar-refractivity contribution is 5.83. The molecule has 0 heterocycles. The summed E-state index contributed by atoms with van der Waals surface area (Å²) in [5, 5.41) is 0. The highest BCUT2D eigenvalue weighted by Crippen LogP contribution is 2.34. The Morgan fingerprint density at radius 2 is 1.29 bits per heavy atom. The van der Waals surface area contributed by atoms with E-state index in [0.717, 1.165) is 6.42 Å². The molecule has 3 aromatic rings. The number of aryl methyl sites for hydroxylation is 3. The standard InChI is InChI=1S/C28H28/c1-19-9-5-7-11-25(19)27-16-15-23(17-22(27)4)24-14-13-21(3)28(18-24)26-12-8-6-10-20(26)2/h5,7-9,11-18H,6,10H2,1-4H3. The Morgan fingerprint density at radius 3 is 2.04 bits per heavy atom. The van der Waals surface area contributed by atoms with Crippen LogP contribution in [-0.2, 0) is 0 Å². The van der Waals surface area contributed by atoms with Crippen LogP contribution in [0.1, 0.15) is 42.0 Å². The highest BCUT2D eigenvalue weighted by atomic mass is 14.2. The lowest BCUT2D eigenvalue weighted by molar-refractivity contribution is 0.967. The van der Waals surface area contributed by atoms with E-state index >= 15 is 0 Å². The summed E-state index contributed by atoms with van der Waals surface area (Å²) in [5.74, 6) is 0. The normalized spacial score (nSPS) is 13.9. The van der Waals surface area contributed by atoms with E-state index in [9.17, 15) is 0 Å². The zero-order valence-electron chi connectivity index (χ0n) is 17.3. The van der Waals surface area contributed by atoms with E-state index in [0.29, 0.717) is 0 Å². The SMILES string of the molecule is CC1=C(c2cc(-c3ccc(-c4ccccc4C)c(C)c3)ccc2C)C=CCC1. The molecule has 0 spiro atoms. The molecular weight excluding hydrogens is 336 g/mol. The summed E-state index contributed by atoms with van der Waals surface area (Å²) < 4.78 is 0. The van der Waals surface area contributed by atoms with Crippen molar-refractivity contribution in [2.24, 2.45) is 0 Å². The predicted octanol–water partition coefficient (Wildman–Crippen LogP) is 8.07. The van der Waals surface area contributed by atoms with Gasteiger partial charge in [0.15, 0.2) is 0 Å². The number of benzene rings is 3. The van der Waals surface area contributed by atoms with E-state index < -0.39 is 0 Å². The lowest BCUT2D eigenvalue weighted by atomic mass is 9.88. The lowest BCUT2D eigenvalue weighted by Gasteiger charge is -2.17. The molecular formula is C28H28. The van der Waals surface area contributed by atoms with Crippen LogP contribution in [0.3, 0.4) is 0 Å². The van der Waals surface area contributed by atoms with Gasteiger partial charge in [0.2, 0.25) is 0 Å². The van der Waals surface area contributed by atoms with Crippen molar-refractivity contribution in [3.8, 4) is 22.3 Å². The van der Waals surface area contributed by atoms with Gasteiger partial charge >= 0.3 is 0 Å². The van der Waals surface area contributed by atoms with Crippen LogP contribution in [0.15, 0.2) is 78.4 Å². The van der Waals surface area contributed by atoms with Crippen molar-refractivity contribution in [1.29, 1.82) is 0 Å². The molecule has 0 N–H and O–H groups in total. The Hall–Kier alpha value is -2.86. The van der Waals surface area contributed by atoms with Crippen LogP contribution in [0.25, 0.3) is 27.8 Å². The molecule has 0 heteroatoms. The van der Waals surface area contributed by atoms with E-state index in [1.165, 1.54) is 62.1 Å². The van der Waals surface area contributed by atoms with Gasteiger partial charge in [-0.1, -0.05) is 72.3 Å². The zero-order valence-corrected chi connectivity index (χ0v) is 17.3. The summed E-state index contributed by atoms with van der Waals surface area (Å²) in [6.45, 7) is 8.89. The Balaban J connectivity index is 1.76. The minimum Gasteiger partial charge on any atom is -0.0836 e. The number of hydrogen-bond donors (Lipinski definition) is 0. The number of rotatable bonds is 3. The van der Waals surface area contributed by atoms with Crippen LogP contribution in [0.2, 0.25) is 0 Å². The number of allylic oxidation sites excluding steroid dienone is 4. The highest BCUT2D eigenvalue weighted by Gasteiger charge is 2.12. The molecule has 0 fully saturated rings. The minimum absolute atomic E-state index is 1.16. The van der Waals surface area contributed by atoms with Crippen LogP contribution in [0.4, 0.5) is 0 Å². The second kappa shape index (κ2) is 7.64. The molecule has 1 aliphatic carbocycles. The lowest BCUT2D eigenvalue weighted by Crippen LogP contribution is -1.95. The molecule has 0 amide bonds. The third-order valence-corrected chi connectivity index (χ3v) is 5.95. The molecule has 140 valence electrons. The van der Waals surface area contributed by atoms with Gasteiger partial charge < -0.3 is 0 Å². The fraction of sp³-hybridized carbons (Fsp3) is 0.214. The molecule has 0 nitrogen and oxygen atoms in total. The molecule has 0 aromatic heterocycles. The Labute approximate surface area is 169 Å². The third-order valence-electron chi connectivity index (χ3n) is 5.95. The first kappa shape index (κ1) is 18.5. The summed E-state index contributed by atoms with van der Waals surface area (Å²) in [4.78, 5) is 0. The second-order valence-corrected chi connectivity index (χ2v) is 8.01. The van der Waals surface area contributed by atoms with Gasteiger partial charge in [-0.25, -0.2) is 0 Å². The Kier molecular flexibility index (Phi) is 5.05. The van der Waals surface area contributed by atoms with Crippen LogP contribution in [-0.4, -0.2) is 0 Å². The molecule has 1 aliphatic rings. The van der Waals surface area contributed by atoms with Crippen molar-refractivity contribution in [1.82, 2.24) is 0 Å². The maximum absolute atomic E-state index is 2.37. The van der Waals surface area contributed by atoms with Crippen LogP contribution >= 0.6 is 0 Å². The molecule has 0 aliphatic heterocycles. The van der Waals surface area contributed by atoms with Crippen molar-refractivity contribution in [2.75, 3.05) is 0 Å².